The predicted molar refractivity (Wildman–Crippen MR) is 71.6 cm³/mol. The van der Waals surface area contributed by atoms with Crippen molar-refractivity contribution in [1.82, 2.24) is 9.80 Å². The summed E-state index contributed by atoms with van der Waals surface area (Å²) in [6.07, 6.45) is 0.965. The second-order valence-electron chi connectivity index (χ2n) is 5.65. The lowest BCUT2D eigenvalue weighted by molar-refractivity contribution is -0.129. The van der Waals surface area contributed by atoms with Crippen LogP contribution in [0.4, 0.5) is 4.39 Å². The molecule has 1 aromatic carbocycles. The first kappa shape index (κ1) is 13.1. The Hall–Kier alpha value is -1.91. The number of benzene rings is 1. The maximum atomic E-state index is 13.2. The van der Waals surface area contributed by atoms with Gasteiger partial charge in [0.1, 0.15) is 5.82 Å². The molecule has 0 aliphatic carbocycles. The van der Waals surface area contributed by atoms with Crippen molar-refractivity contribution < 1.29 is 14.0 Å². The van der Waals surface area contributed by atoms with E-state index in [-0.39, 0.29) is 17.9 Å². The molecule has 2 atom stereocenters. The molecule has 3 rings (SSSR count). The third-order valence-electron chi connectivity index (χ3n) is 4.17. The van der Waals surface area contributed by atoms with Gasteiger partial charge in [-0.25, -0.2) is 4.39 Å². The number of carbonyl (C=O) groups excluding carboxylic acids is 2. The van der Waals surface area contributed by atoms with Crippen LogP contribution in [0.15, 0.2) is 24.3 Å². The van der Waals surface area contributed by atoms with Gasteiger partial charge in [-0.15, -0.1) is 0 Å². The zero-order valence-electron chi connectivity index (χ0n) is 11.4. The summed E-state index contributed by atoms with van der Waals surface area (Å²) in [5.41, 5.74) is 0.376. The zero-order valence-corrected chi connectivity index (χ0v) is 11.4. The van der Waals surface area contributed by atoms with Crippen molar-refractivity contribution in [1.29, 1.82) is 0 Å². The largest absolute Gasteiger partial charge is 0.338 e. The number of amides is 2. The van der Waals surface area contributed by atoms with Crippen molar-refractivity contribution in [3.05, 3.63) is 35.6 Å². The molecule has 1 aromatic rings. The minimum Gasteiger partial charge on any atom is -0.338 e. The molecule has 0 N–H and O–H groups in total. The molecule has 0 radical (unpaired) electrons. The maximum Gasteiger partial charge on any atom is 0.254 e. The Balaban J connectivity index is 1.77. The van der Waals surface area contributed by atoms with Crippen molar-refractivity contribution in [3.8, 4) is 0 Å². The van der Waals surface area contributed by atoms with E-state index in [1.165, 1.54) is 12.1 Å². The van der Waals surface area contributed by atoms with Gasteiger partial charge in [-0.1, -0.05) is 6.07 Å². The van der Waals surface area contributed by atoms with Crippen LogP contribution in [0.3, 0.4) is 0 Å². The fourth-order valence-electron chi connectivity index (χ4n) is 3.32. The molecular formula is C15H17FN2O2. The van der Waals surface area contributed by atoms with E-state index in [2.05, 4.69) is 0 Å². The van der Waals surface area contributed by atoms with Gasteiger partial charge in [0.15, 0.2) is 0 Å². The number of carbonyl (C=O) groups is 2. The highest BCUT2D eigenvalue weighted by molar-refractivity contribution is 5.94. The van der Waals surface area contributed by atoms with E-state index in [4.69, 9.17) is 0 Å². The molecular weight excluding hydrogens is 259 g/mol. The van der Waals surface area contributed by atoms with Crippen LogP contribution in [-0.2, 0) is 4.79 Å². The van der Waals surface area contributed by atoms with Gasteiger partial charge >= 0.3 is 0 Å². The molecule has 2 saturated heterocycles. The zero-order chi connectivity index (χ0) is 14.3. The third kappa shape index (κ3) is 2.28. The van der Waals surface area contributed by atoms with E-state index in [9.17, 15) is 14.0 Å². The molecule has 0 spiro atoms. The molecule has 0 saturated carbocycles. The van der Waals surface area contributed by atoms with E-state index in [0.29, 0.717) is 24.6 Å². The lowest BCUT2D eigenvalue weighted by Gasteiger charge is -2.32. The Kier molecular flexibility index (Phi) is 3.20. The molecule has 5 heteroatoms. The molecule has 2 bridgehead atoms. The highest BCUT2D eigenvalue weighted by atomic mass is 19.1. The van der Waals surface area contributed by atoms with Crippen LogP contribution in [0, 0.1) is 11.7 Å². The van der Waals surface area contributed by atoms with Crippen LogP contribution < -0.4 is 0 Å². The smallest absolute Gasteiger partial charge is 0.254 e. The third-order valence-corrected chi connectivity index (χ3v) is 4.17. The van der Waals surface area contributed by atoms with Gasteiger partial charge in [-0.2, -0.15) is 0 Å². The minimum absolute atomic E-state index is 0.0672. The van der Waals surface area contributed by atoms with Crippen molar-refractivity contribution in [2.75, 3.05) is 19.6 Å². The molecule has 2 aliphatic heterocycles. The molecule has 0 aromatic heterocycles. The summed E-state index contributed by atoms with van der Waals surface area (Å²) in [6.45, 7) is 3.49. The molecule has 2 fully saturated rings. The lowest BCUT2D eigenvalue weighted by atomic mass is 9.99. The first-order valence-corrected chi connectivity index (χ1v) is 6.86. The van der Waals surface area contributed by atoms with Crippen LogP contribution in [0.2, 0.25) is 0 Å². The highest BCUT2D eigenvalue weighted by Crippen LogP contribution is 2.30. The second-order valence-corrected chi connectivity index (χ2v) is 5.65. The summed E-state index contributed by atoms with van der Waals surface area (Å²) in [6, 6.07) is 5.88. The van der Waals surface area contributed by atoms with Gasteiger partial charge < -0.3 is 9.80 Å². The number of fused-ring (bicyclic) bond motifs is 2. The van der Waals surface area contributed by atoms with Gasteiger partial charge in [0, 0.05) is 38.2 Å². The van der Waals surface area contributed by atoms with Crippen molar-refractivity contribution >= 4 is 11.8 Å². The topological polar surface area (TPSA) is 40.6 Å². The van der Waals surface area contributed by atoms with Crippen LogP contribution in [-0.4, -0.2) is 47.3 Å². The highest BCUT2D eigenvalue weighted by Gasteiger charge is 2.41. The van der Waals surface area contributed by atoms with Gasteiger partial charge in [0.25, 0.3) is 5.91 Å². The van der Waals surface area contributed by atoms with Crippen molar-refractivity contribution in [2.24, 2.45) is 5.92 Å². The summed E-state index contributed by atoms with van der Waals surface area (Å²) in [5, 5.41) is 0. The Labute approximate surface area is 117 Å². The number of piperidine rings is 1. The normalized spacial score (nSPS) is 24.9. The minimum atomic E-state index is -0.402. The van der Waals surface area contributed by atoms with Gasteiger partial charge in [0.05, 0.1) is 0 Å². The quantitative estimate of drug-likeness (QED) is 0.780. The second kappa shape index (κ2) is 4.89. The summed E-state index contributed by atoms with van der Waals surface area (Å²) in [5.74, 6) is -0.140. The molecule has 2 aliphatic rings. The standard InChI is InChI=1S/C15H17FN2O2/c1-10(19)18-8-11-5-14(18)9-17(7-11)15(20)12-3-2-4-13(16)6-12/h2-4,6,11,14H,5,7-9H2,1H3. The van der Waals surface area contributed by atoms with Gasteiger partial charge in [0.2, 0.25) is 5.91 Å². The number of likely N-dealkylation sites (tertiary alicyclic amines) is 2. The summed E-state index contributed by atoms with van der Waals surface area (Å²) in [4.78, 5) is 27.6. The van der Waals surface area contributed by atoms with Crippen LogP contribution in [0.5, 0.6) is 0 Å². The average molecular weight is 276 g/mol. The number of nitrogens with zero attached hydrogens (tertiary/aromatic N) is 2. The van der Waals surface area contributed by atoms with Crippen molar-refractivity contribution in [2.45, 2.75) is 19.4 Å². The van der Waals surface area contributed by atoms with E-state index < -0.39 is 5.82 Å². The molecule has 4 nitrogen and oxygen atoms in total. The number of hydrogen-bond acceptors (Lipinski definition) is 2. The summed E-state index contributed by atoms with van der Waals surface area (Å²) >= 11 is 0. The first-order valence-electron chi connectivity index (χ1n) is 6.86. The number of halogens is 1. The van der Waals surface area contributed by atoms with E-state index in [0.717, 1.165) is 13.0 Å². The monoisotopic (exact) mass is 276 g/mol. The van der Waals surface area contributed by atoms with E-state index in [1.54, 1.807) is 24.0 Å². The number of hydrogen-bond donors (Lipinski definition) is 0. The lowest BCUT2D eigenvalue weighted by Crippen LogP contribution is -2.46. The summed E-state index contributed by atoms with van der Waals surface area (Å²) in [7, 11) is 0. The summed E-state index contributed by atoms with van der Waals surface area (Å²) < 4.78 is 13.2. The molecule has 2 amide bonds. The molecule has 2 heterocycles. The molecule has 106 valence electrons. The fraction of sp³-hybridized carbons (Fsp3) is 0.467. The van der Waals surface area contributed by atoms with Gasteiger partial charge in [-0.3, -0.25) is 9.59 Å². The Morgan fingerprint density at radius 1 is 1.25 bits per heavy atom. The molecule has 20 heavy (non-hydrogen) atoms. The van der Waals surface area contributed by atoms with Crippen molar-refractivity contribution in [3.63, 3.8) is 0 Å². The maximum absolute atomic E-state index is 13.2. The SMILES string of the molecule is CC(=O)N1CC2CC1CN(C(=O)c1cccc(F)c1)C2. The van der Waals surface area contributed by atoms with E-state index >= 15 is 0 Å². The fourth-order valence-corrected chi connectivity index (χ4v) is 3.32. The van der Waals surface area contributed by atoms with E-state index in [1.807, 2.05) is 4.90 Å². The first-order chi connectivity index (χ1) is 9.54. The predicted octanol–water partition coefficient (Wildman–Crippen LogP) is 1.52. The Morgan fingerprint density at radius 3 is 2.75 bits per heavy atom. The van der Waals surface area contributed by atoms with Crippen LogP contribution in [0.25, 0.3) is 0 Å². The van der Waals surface area contributed by atoms with Crippen LogP contribution >= 0.6 is 0 Å². The van der Waals surface area contributed by atoms with Crippen LogP contribution in [0.1, 0.15) is 23.7 Å². The Morgan fingerprint density at radius 2 is 2.05 bits per heavy atom. The van der Waals surface area contributed by atoms with Gasteiger partial charge in [-0.05, 0) is 30.5 Å². The molecule has 2 unspecified atom stereocenters. The average Bonchev–Trinajstić information content (AvgIpc) is 2.72. The Bertz CT molecular complexity index is 561. The number of rotatable bonds is 1.